The number of benzene rings is 1. The van der Waals surface area contributed by atoms with Crippen LogP contribution in [0.4, 0.5) is 4.39 Å². The van der Waals surface area contributed by atoms with Crippen LogP contribution in [0, 0.1) is 11.7 Å². The van der Waals surface area contributed by atoms with Crippen LogP contribution in [0.2, 0.25) is 0 Å². The molecule has 0 N–H and O–H groups in total. The van der Waals surface area contributed by atoms with Crippen LogP contribution in [0.25, 0.3) is 11.4 Å². The second-order valence-corrected chi connectivity index (χ2v) is 11.2. The quantitative estimate of drug-likeness (QED) is 0.153. The van der Waals surface area contributed by atoms with Crippen LogP contribution in [0.5, 0.6) is 0 Å². The van der Waals surface area contributed by atoms with Gasteiger partial charge in [-0.2, -0.15) is 0 Å². The topological polar surface area (TPSA) is 52.1 Å². The minimum atomic E-state index is -0.580. The van der Waals surface area contributed by atoms with Crippen LogP contribution >= 0.6 is 0 Å². The van der Waals surface area contributed by atoms with Gasteiger partial charge >= 0.3 is 5.97 Å². The molecule has 1 aliphatic carbocycles. The minimum absolute atomic E-state index is 0.0117. The number of hydrogen-bond acceptors (Lipinski definition) is 4. The molecule has 1 aromatic heterocycles. The van der Waals surface area contributed by atoms with E-state index in [2.05, 4.69) is 23.8 Å². The fourth-order valence-electron chi connectivity index (χ4n) is 5.53. The summed E-state index contributed by atoms with van der Waals surface area (Å²) in [5, 5.41) is 0. The molecule has 2 aromatic rings. The SMILES string of the molecule is CCCCCCCCCC[C@H]1CC[C@H](OC(=O)c2ccc(-c3ncc(CCCCCC)cn3)cc2F)CC1. The van der Waals surface area contributed by atoms with Gasteiger partial charge in [0.15, 0.2) is 5.82 Å². The van der Waals surface area contributed by atoms with E-state index in [0.717, 1.165) is 50.0 Å². The molecular weight excluding hydrogens is 475 g/mol. The highest BCUT2D eigenvalue weighted by molar-refractivity contribution is 5.90. The van der Waals surface area contributed by atoms with Crippen molar-refractivity contribution in [3.63, 3.8) is 0 Å². The molecule has 1 aliphatic rings. The Labute approximate surface area is 230 Å². The molecule has 38 heavy (non-hydrogen) atoms. The fraction of sp³-hybridized carbons (Fsp3) is 0.667. The first-order valence-corrected chi connectivity index (χ1v) is 15.4. The number of carbonyl (C=O) groups excluding carboxylic acids is 1. The second kappa shape index (κ2) is 17.3. The summed E-state index contributed by atoms with van der Waals surface area (Å²) in [6.07, 6.45) is 25.4. The Morgan fingerprint density at radius 3 is 2.08 bits per heavy atom. The van der Waals surface area contributed by atoms with Gasteiger partial charge in [-0.15, -0.1) is 0 Å². The van der Waals surface area contributed by atoms with Crippen molar-refractivity contribution in [2.75, 3.05) is 0 Å². The zero-order chi connectivity index (χ0) is 27.0. The molecule has 0 unspecified atom stereocenters. The van der Waals surface area contributed by atoms with Gasteiger partial charge in [0.05, 0.1) is 5.56 Å². The van der Waals surface area contributed by atoms with Crippen molar-refractivity contribution in [3.8, 4) is 11.4 Å². The number of esters is 1. The van der Waals surface area contributed by atoms with Crippen molar-refractivity contribution in [2.24, 2.45) is 5.92 Å². The maximum atomic E-state index is 14.9. The van der Waals surface area contributed by atoms with Gasteiger partial charge in [0.25, 0.3) is 0 Å². The fourth-order valence-corrected chi connectivity index (χ4v) is 5.53. The third-order valence-corrected chi connectivity index (χ3v) is 8.00. The van der Waals surface area contributed by atoms with Crippen molar-refractivity contribution in [1.29, 1.82) is 0 Å². The highest BCUT2D eigenvalue weighted by atomic mass is 19.1. The number of hydrogen-bond donors (Lipinski definition) is 0. The Hall–Kier alpha value is -2.30. The average Bonchev–Trinajstić information content (AvgIpc) is 2.93. The molecule has 0 aliphatic heterocycles. The summed E-state index contributed by atoms with van der Waals surface area (Å²) in [4.78, 5) is 21.5. The Kier molecular flexibility index (Phi) is 13.8. The summed E-state index contributed by atoms with van der Waals surface area (Å²) >= 11 is 0. The standard InChI is InChI=1S/C33H49FN2O2/c1-3-5-7-9-10-11-12-14-15-26-17-20-29(21-18-26)38-33(37)30-22-19-28(23-31(30)34)32-35-24-27(25-36-32)16-13-8-6-4-2/h19,22-26,29H,3-18,20-21H2,1-2H3/t26-,29-. The summed E-state index contributed by atoms with van der Waals surface area (Å²) in [6.45, 7) is 4.46. The summed E-state index contributed by atoms with van der Waals surface area (Å²) in [6, 6.07) is 4.55. The first kappa shape index (κ1) is 30.2. The van der Waals surface area contributed by atoms with Crippen LogP contribution in [-0.4, -0.2) is 22.0 Å². The zero-order valence-electron chi connectivity index (χ0n) is 23.9. The molecule has 210 valence electrons. The van der Waals surface area contributed by atoms with E-state index in [9.17, 15) is 9.18 Å². The van der Waals surface area contributed by atoms with Gasteiger partial charge in [0, 0.05) is 18.0 Å². The van der Waals surface area contributed by atoms with E-state index < -0.39 is 11.8 Å². The van der Waals surface area contributed by atoms with Crippen molar-refractivity contribution in [3.05, 3.63) is 47.5 Å². The largest absolute Gasteiger partial charge is 0.459 e. The number of aryl methyl sites for hydroxylation is 1. The number of nitrogens with zero attached hydrogens (tertiary/aromatic N) is 2. The second-order valence-electron chi connectivity index (χ2n) is 11.2. The van der Waals surface area contributed by atoms with Crippen LogP contribution in [0.3, 0.4) is 0 Å². The van der Waals surface area contributed by atoms with E-state index in [0.29, 0.717) is 11.4 Å². The number of aromatic nitrogens is 2. The first-order chi connectivity index (χ1) is 18.6. The molecule has 0 amide bonds. The monoisotopic (exact) mass is 524 g/mol. The van der Waals surface area contributed by atoms with Crippen LogP contribution < -0.4 is 0 Å². The molecule has 0 atom stereocenters. The van der Waals surface area contributed by atoms with Crippen LogP contribution in [-0.2, 0) is 11.2 Å². The smallest absolute Gasteiger partial charge is 0.341 e. The lowest BCUT2D eigenvalue weighted by Crippen LogP contribution is -2.25. The normalized spacial score (nSPS) is 17.4. The predicted molar refractivity (Wildman–Crippen MR) is 154 cm³/mol. The first-order valence-electron chi connectivity index (χ1n) is 15.4. The maximum Gasteiger partial charge on any atom is 0.341 e. The molecule has 1 heterocycles. The molecule has 0 spiro atoms. The van der Waals surface area contributed by atoms with E-state index in [1.165, 1.54) is 89.2 Å². The Balaban J connectivity index is 1.38. The van der Waals surface area contributed by atoms with E-state index in [1.54, 1.807) is 6.07 Å². The Morgan fingerprint density at radius 2 is 1.45 bits per heavy atom. The lowest BCUT2D eigenvalue weighted by atomic mass is 9.84. The zero-order valence-corrected chi connectivity index (χ0v) is 23.9. The number of carbonyl (C=O) groups is 1. The number of rotatable bonds is 17. The predicted octanol–water partition coefficient (Wildman–Crippen LogP) is 9.65. The minimum Gasteiger partial charge on any atom is -0.459 e. The average molecular weight is 525 g/mol. The number of halogens is 1. The summed E-state index contributed by atoms with van der Waals surface area (Å²) in [5.74, 6) is 0.0618. The van der Waals surface area contributed by atoms with Crippen molar-refractivity contribution in [1.82, 2.24) is 9.97 Å². The molecule has 1 fully saturated rings. The molecule has 5 heteroatoms. The van der Waals surface area contributed by atoms with Crippen molar-refractivity contribution < 1.29 is 13.9 Å². The van der Waals surface area contributed by atoms with Gasteiger partial charge in [-0.05, 0) is 62.1 Å². The molecular formula is C33H49FN2O2. The Bertz CT molecular complexity index is 939. The van der Waals surface area contributed by atoms with Gasteiger partial charge in [-0.1, -0.05) is 97.0 Å². The van der Waals surface area contributed by atoms with Gasteiger partial charge in [-0.25, -0.2) is 19.2 Å². The molecule has 0 bridgehead atoms. The molecule has 1 aromatic carbocycles. The van der Waals surface area contributed by atoms with Crippen molar-refractivity contribution >= 4 is 5.97 Å². The molecule has 4 nitrogen and oxygen atoms in total. The Morgan fingerprint density at radius 1 is 0.842 bits per heavy atom. The summed E-state index contributed by atoms with van der Waals surface area (Å²) in [7, 11) is 0. The highest BCUT2D eigenvalue weighted by Crippen LogP contribution is 2.31. The highest BCUT2D eigenvalue weighted by Gasteiger charge is 2.25. The maximum absolute atomic E-state index is 14.9. The lowest BCUT2D eigenvalue weighted by molar-refractivity contribution is 0.0156. The third-order valence-electron chi connectivity index (χ3n) is 8.00. The van der Waals surface area contributed by atoms with Crippen molar-refractivity contribution in [2.45, 2.75) is 136 Å². The van der Waals surface area contributed by atoms with Gasteiger partial charge < -0.3 is 4.74 Å². The molecule has 1 saturated carbocycles. The molecule has 0 radical (unpaired) electrons. The van der Waals surface area contributed by atoms with Crippen LogP contribution in [0.1, 0.15) is 139 Å². The molecule has 0 saturated heterocycles. The number of ether oxygens (including phenoxy) is 1. The summed E-state index contributed by atoms with van der Waals surface area (Å²) in [5.41, 5.74) is 1.65. The van der Waals surface area contributed by atoms with E-state index >= 15 is 0 Å². The van der Waals surface area contributed by atoms with Gasteiger partial charge in [-0.3, -0.25) is 0 Å². The van der Waals surface area contributed by atoms with E-state index in [4.69, 9.17) is 4.74 Å². The van der Waals surface area contributed by atoms with E-state index in [1.807, 2.05) is 12.4 Å². The number of unbranched alkanes of at least 4 members (excludes halogenated alkanes) is 10. The lowest BCUT2D eigenvalue weighted by Gasteiger charge is -2.28. The van der Waals surface area contributed by atoms with Crippen LogP contribution in [0.15, 0.2) is 30.6 Å². The van der Waals surface area contributed by atoms with E-state index in [-0.39, 0.29) is 11.7 Å². The van der Waals surface area contributed by atoms with Gasteiger partial charge in [0.2, 0.25) is 0 Å². The summed E-state index contributed by atoms with van der Waals surface area (Å²) < 4.78 is 20.6. The molecule has 3 rings (SSSR count). The third kappa shape index (κ3) is 10.5. The van der Waals surface area contributed by atoms with Gasteiger partial charge in [0.1, 0.15) is 11.9 Å².